The molecule has 150 valence electrons. The maximum absolute atomic E-state index is 12.8. The predicted octanol–water partition coefficient (Wildman–Crippen LogP) is 4.08. The zero-order valence-corrected chi connectivity index (χ0v) is 17.1. The molecule has 4 heteroatoms. The molecule has 0 aliphatic carbocycles. The Kier molecular flexibility index (Phi) is 5.52. The van der Waals surface area contributed by atoms with E-state index >= 15 is 0 Å². The van der Waals surface area contributed by atoms with Gasteiger partial charge in [0.1, 0.15) is 0 Å². The molecule has 2 aromatic carbocycles. The molecule has 29 heavy (non-hydrogen) atoms. The van der Waals surface area contributed by atoms with E-state index in [0.29, 0.717) is 24.8 Å². The average molecular weight is 389 g/mol. The summed E-state index contributed by atoms with van der Waals surface area (Å²) in [6.07, 6.45) is 4.07. The first kappa shape index (κ1) is 19.4. The summed E-state index contributed by atoms with van der Waals surface area (Å²) in [7, 11) is 0. The van der Waals surface area contributed by atoms with Gasteiger partial charge in [0.15, 0.2) is 0 Å². The number of amides is 2. The molecular formula is C25H28N2O2. The van der Waals surface area contributed by atoms with Crippen molar-refractivity contribution in [1.82, 2.24) is 9.80 Å². The quantitative estimate of drug-likeness (QED) is 0.741. The van der Waals surface area contributed by atoms with E-state index in [1.165, 1.54) is 11.1 Å². The van der Waals surface area contributed by atoms with Gasteiger partial charge in [-0.3, -0.25) is 9.59 Å². The average Bonchev–Trinajstić information content (AvgIpc) is 3.31. The smallest absolute Gasteiger partial charge is 0.246 e. The summed E-state index contributed by atoms with van der Waals surface area (Å²) in [6.45, 7) is 6.20. The predicted molar refractivity (Wildman–Crippen MR) is 115 cm³/mol. The highest BCUT2D eigenvalue weighted by Crippen LogP contribution is 2.46. The second-order valence-corrected chi connectivity index (χ2v) is 8.11. The lowest BCUT2D eigenvalue weighted by Gasteiger charge is -2.30. The van der Waals surface area contributed by atoms with Gasteiger partial charge >= 0.3 is 0 Å². The van der Waals surface area contributed by atoms with Gasteiger partial charge in [0, 0.05) is 44.0 Å². The molecule has 2 heterocycles. The van der Waals surface area contributed by atoms with Crippen molar-refractivity contribution in [3.8, 4) is 0 Å². The monoisotopic (exact) mass is 388 g/mol. The van der Waals surface area contributed by atoms with Crippen LogP contribution in [0.5, 0.6) is 0 Å². The molecule has 0 spiro atoms. The molecule has 0 radical (unpaired) electrons. The van der Waals surface area contributed by atoms with E-state index in [1.807, 2.05) is 60.4 Å². The van der Waals surface area contributed by atoms with Gasteiger partial charge in [0.25, 0.3) is 0 Å². The Labute approximate surface area is 172 Å². The Bertz CT molecular complexity index is 921. The zero-order chi connectivity index (χ0) is 20.4. The second kappa shape index (κ2) is 8.24. The summed E-state index contributed by atoms with van der Waals surface area (Å²) in [5.41, 5.74) is 3.45. The van der Waals surface area contributed by atoms with Gasteiger partial charge in [0.2, 0.25) is 11.8 Å². The molecule has 0 aromatic heterocycles. The van der Waals surface area contributed by atoms with Crippen LogP contribution in [-0.4, -0.2) is 41.2 Å². The molecular weight excluding hydrogens is 360 g/mol. The van der Waals surface area contributed by atoms with Crippen LogP contribution in [0.2, 0.25) is 0 Å². The number of aryl methyl sites for hydroxylation is 1. The van der Waals surface area contributed by atoms with Crippen LogP contribution in [-0.2, 0) is 9.59 Å². The molecule has 2 fully saturated rings. The van der Waals surface area contributed by atoms with Gasteiger partial charge in [-0.05, 0) is 29.7 Å². The van der Waals surface area contributed by atoms with Crippen molar-refractivity contribution in [2.45, 2.75) is 26.3 Å². The van der Waals surface area contributed by atoms with Crippen LogP contribution in [0.3, 0.4) is 0 Å². The fourth-order valence-electron chi connectivity index (χ4n) is 4.84. The lowest BCUT2D eigenvalue weighted by atomic mass is 9.87. The van der Waals surface area contributed by atoms with Crippen LogP contribution in [0.4, 0.5) is 0 Å². The van der Waals surface area contributed by atoms with Gasteiger partial charge in [-0.15, -0.1) is 0 Å². The van der Waals surface area contributed by atoms with Gasteiger partial charge in [-0.1, -0.05) is 61.5 Å². The highest BCUT2D eigenvalue weighted by atomic mass is 16.2. The molecule has 0 bridgehead atoms. The van der Waals surface area contributed by atoms with E-state index in [-0.39, 0.29) is 17.9 Å². The molecule has 2 amide bonds. The standard InChI is InChI=1S/C25H28N2O2/c1-3-23(28)27-16-20-15-26(24(29)14-13-19-10-5-4-6-11-19)17-22(20)25(27)21-12-8-7-9-18(21)2/h4-14,20,22,25H,3,15-17H2,1-2H3/b14-13+/t20-,22-,25-/m0/s1. The minimum Gasteiger partial charge on any atom is -0.338 e. The van der Waals surface area contributed by atoms with Crippen LogP contribution < -0.4 is 0 Å². The van der Waals surface area contributed by atoms with E-state index in [1.54, 1.807) is 6.08 Å². The number of rotatable bonds is 4. The normalized spacial score (nSPS) is 23.6. The van der Waals surface area contributed by atoms with Gasteiger partial charge in [-0.25, -0.2) is 0 Å². The molecule has 0 saturated carbocycles. The number of nitrogens with zero attached hydrogens (tertiary/aromatic N) is 2. The molecule has 2 aliphatic rings. The molecule has 2 saturated heterocycles. The molecule has 4 rings (SSSR count). The summed E-state index contributed by atoms with van der Waals surface area (Å²) < 4.78 is 0. The van der Waals surface area contributed by atoms with Crippen LogP contribution in [0, 0.1) is 18.8 Å². The van der Waals surface area contributed by atoms with Crippen LogP contribution >= 0.6 is 0 Å². The first-order valence-corrected chi connectivity index (χ1v) is 10.5. The van der Waals surface area contributed by atoms with E-state index < -0.39 is 0 Å². The van der Waals surface area contributed by atoms with E-state index in [2.05, 4.69) is 24.0 Å². The lowest BCUT2D eigenvalue weighted by molar-refractivity contribution is -0.132. The molecule has 2 aliphatic heterocycles. The Morgan fingerprint density at radius 1 is 1.00 bits per heavy atom. The number of carbonyl (C=O) groups excluding carboxylic acids is 2. The number of carbonyl (C=O) groups is 2. The highest BCUT2D eigenvalue weighted by molar-refractivity contribution is 5.92. The van der Waals surface area contributed by atoms with Gasteiger partial charge < -0.3 is 9.80 Å². The van der Waals surface area contributed by atoms with E-state index in [0.717, 1.165) is 18.7 Å². The molecule has 3 atom stereocenters. The van der Waals surface area contributed by atoms with Crippen molar-refractivity contribution < 1.29 is 9.59 Å². The second-order valence-electron chi connectivity index (χ2n) is 8.11. The van der Waals surface area contributed by atoms with Crippen LogP contribution in [0.1, 0.15) is 36.1 Å². The fourth-order valence-corrected chi connectivity index (χ4v) is 4.84. The van der Waals surface area contributed by atoms with Crippen molar-refractivity contribution >= 4 is 17.9 Å². The Morgan fingerprint density at radius 2 is 1.72 bits per heavy atom. The first-order valence-electron chi connectivity index (χ1n) is 10.5. The van der Waals surface area contributed by atoms with Crippen molar-refractivity contribution in [2.75, 3.05) is 19.6 Å². The van der Waals surface area contributed by atoms with Crippen molar-refractivity contribution in [2.24, 2.45) is 11.8 Å². The van der Waals surface area contributed by atoms with Crippen molar-refractivity contribution in [3.05, 3.63) is 77.4 Å². The summed E-state index contributed by atoms with van der Waals surface area (Å²) >= 11 is 0. The minimum absolute atomic E-state index is 0.0557. The maximum Gasteiger partial charge on any atom is 0.246 e. The third-order valence-electron chi connectivity index (χ3n) is 6.32. The highest BCUT2D eigenvalue weighted by Gasteiger charge is 2.49. The van der Waals surface area contributed by atoms with E-state index in [4.69, 9.17) is 0 Å². The topological polar surface area (TPSA) is 40.6 Å². The summed E-state index contributed by atoms with van der Waals surface area (Å²) in [6, 6.07) is 18.3. The van der Waals surface area contributed by atoms with Crippen molar-refractivity contribution in [3.63, 3.8) is 0 Å². The zero-order valence-electron chi connectivity index (χ0n) is 17.1. The number of hydrogen-bond donors (Lipinski definition) is 0. The number of benzene rings is 2. The van der Waals surface area contributed by atoms with Crippen molar-refractivity contribution in [1.29, 1.82) is 0 Å². The fraction of sp³-hybridized carbons (Fsp3) is 0.360. The lowest BCUT2D eigenvalue weighted by Crippen LogP contribution is -2.37. The summed E-state index contributed by atoms with van der Waals surface area (Å²) in [5, 5.41) is 0. The molecule has 0 unspecified atom stereocenters. The third-order valence-corrected chi connectivity index (χ3v) is 6.32. The SMILES string of the molecule is CCC(=O)N1C[C@@H]2CN(C(=O)/C=C/c3ccccc3)C[C@@H]2[C@@H]1c1ccccc1C. The van der Waals surface area contributed by atoms with Gasteiger partial charge in [-0.2, -0.15) is 0 Å². The maximum atomic E-state index is 12.8. The minimum atomic E-state index is 0.0557. The molecule has 2 aromatic rings. The van der Waals surface area contributed by atoms with Gasteiger partial charge in [0.05, 0.1) is 6.04 Å². The Hall–Kier alpha value is -2.88. The Morgan fingerprint density at radius 3 is 2.45 bits per heavy atom. The third kappa shape index (κ3) is 3.84. The summed E-state index contributed by atoms with van der Waals surface area (Å²) in [4.78, 5) is 29.4. The molecule has 0 N–H and O–H groups in total. The first-order chi connectivity index (χ1) is 14.1. The van der Waals surface area contributed by atoms with Crippen LogP contribution in [0.25, 0.3) is 6.08 Å². The number of hydrogen-bond acceptors (Lipinski definition) is 2. The summed E-state index contributed by atoms with van der Waals surface area (Å²) in [5.74, 6) is 0.888. The number of likely N-dealkylation sites (tertiary alicyclic amines) is 2. The van der Waals surface area contributed by atoms with Crippen LogP contribution in [0.15, 0.2) is 60.7 Å². The largest absolute Gasteiger partial charge is 0.338 e. The van der Waals surface area contributed by atoms with E-state index in [9.17, 15) is 9.59 Å². The number of fused-ring (bicyclic) bond motifs is 1. The molecule has 4 nitrogen and oxygen atoms in total. The Balaban J connectivity index is 1.54.